The van der Waals surface area contributed by atoms with E-state index < -0.39 is 5.97 Å². The molecule has 0 spiro atoms. The Morgan fingerprint density at radius 1 is 0.955 bits per heavy atom. The van der Waals surface area contributed by atoms with Crippen molar-refractivity contribution in [3.63, 3.8) is 0 Å². The molecule has 0 heterocycles. The number of rotatable bonds is 16. The second-order valence-electron chi connectivity index (χ2n) is 4.82. The Labute approximate surface area is 148 Å². The maximum Gasteiger partial charge on any atom is 0.303 e. The van der Waals surface area contributed by atoms with Gasteiger partial charge in [0, 0.05) is 23.7 Å². The quantitative estimate of drug-likeness (QED) is 0.224. The van der Waals surface area contributed by atoms with Crippen LogP contribution in [0.3, 0.4) is 0 Å². The lowest BCUT2D eigenvalue weighted by Gasteiger charge is -2.32. The molecular weight excluding hydrogens is 332 g/mol. The van der Waals surface area contributed by atoms with E-state index in [9.17, 15) is 4.79 Å². The van der Waals surface area contributed by atoms with Crippen molar-refractivity contribution in [1.29, 1.82) is 0 Å². The smallest absolute Gasteiger partial charge is 0.303 e. The number of carboxylic acids is 1. The van der Waals surface area contributed by atoms with Gasteiger partial charge in [0.2, 0.25) is 0 Å². The van der Waals surface area contributed by atoms with Crippen LogP contribution in [0.2, 0.25) is 0 Å². The van der Waals surface area contributed by atoms with Gasteiger partial charge in [-0.2, -0.15) is 11.8 Å². The first-order valence-corrected chi connectivity index (χ1v) is 10.6. The largest absolute Gasteiger partial charge is 0.481 e. The van der Waals surface area contributed by atoms with Crippen LogP contribution in [0.4, 0.5) is 0 Å². The minimum atomic E-state index is -0.704. The molecule has 126 valence electrons. The molecule has 0 unspecified atom stereocenters. The first-order chi connectivity index (χ1) is 10.6. The van der Waals surface area contributed by atoms with E-state index in [1.807, 2.05) is 53.5 Å². The normalized spacial score (nSPS) is 11.1. The Morgan fingerprint density at radius 3 is 2.05 bits per heavy atom. The predicted octanol–water partition coefficient (Wildman–Crippen LogP) is 5.48. The van der Waals surface area contributed by atoms with Crippen molar-refractivity contribution < 1.29 is 9.90 Å². The van der Waals surface area contributed by atoms with E-state index in [0.717, 1.165) is 48.7 Å². The van der Waals surface area contributed by atoms with Crippen LogP contribution < -0.4 is 0 Å². The van der Waals surface area contributed by atoms with Crippen LogP contribution in [0.25, 0.3) is 0 Å². The van der Waals surface area contributed by atoms with Crippen LogP contribution in [0.1, 0.15) is 32.1 Å². The minimum Gasteiger partial charge on any atom is -0.481 e. The van der Waals surface area contributed by atoms with Crippen molar-refractivity contribution >= 4 is 41.3 Å². The van der Waals surface area contributed by atoms with E-state index in [-0.39, 0.29) is 10.5 Å². The van der Waals surface area contributed by atoms with Crippen molar-refractivity contribution in [1.82, 2.24) is 0 Å². The third kappa shape index (κ3) is 11.3. The van der Waals surface area contributed by atoms with Gasteiger partial charge in [0.15, 0.2) is 0 Å². The Morgan fingerprint density at radius 2 is 1.55 bits per heavy atom. The van der Waals surface area contributed by atoms with Crippen molar-refractivity contribution in [2.45, 2.75) is 36.2 Å². The summed E-state index contributed by atoms with van der Waals surface area (Å²) in [6.07, 6.45) is 9.94. The van der Waals surface area contributed by atoms with E-state index in [4.69, 9.17) is 5.11 Å². The fourth-order valence-electron chi connectivity index (χ4n) is 1.94. The van der Waals surface area contributed by atoms with Crippen molar-refractivity contribution in [2.24, 2.45) is 0 Å². The lowest BCUT2D eigenvalue weighted by atomic mass is 10.1. The average molecular weight is 361 g/mol. The number of carboxylic acid groups (broad SMARTS) is 1. The highest BCUT2D eigenvalue weighted by molar-refractivity contribution is 8.18. The Bertz CT molecular complexity index is 331. The molecule has 0 radical (unpaired) electrons. The van der Waals surface area contributed by atoms with Crippen molar-refractivity contribution in [3.8, 4) is 0 Å². The molecule has 0 amide bonds. The van der Waals surface area contributed by atoms with Gasteiger partial charge in [-0.25, -0.2) is 0 Å². The fraction of sp³-hybridized carbons (Fsp3) is 0.588. The maximum atomic E-state index is 10.7. The molecule has 0 aliphatic heterocycles. The monoisotopic (exact) mass is 360 g/mol. The van der Waals surface area contributed by atoms with Crippen LogP contribution >= 0.6 is 35.3 Å². The topological polar surface area (TPSA) is 37.3 Å². The molecule has 5 heteroatoms. The zero-order chi connectivity index (χ0) is 16.7. The first kappa shape index (κ1) is 21.7. The molecule has 0 rings (SSSR count). The van der Waals surface area contributed by atoms with E-state index in [1.54, 1.807) is 0 Å². The zero-order valence-electron chi connectivity index (χ0n) is 13.3. The molecule has 0 saturated heterocycles. The molecular formula is C17H28O2S3. The summed E-state index contributed by atoms with van der Waals surface area (Å²) >= 11 is 5.77. The summed E-state index contributed by atoms with van der Waals surface area (Å²) in [5.41, 5.74) is 0. The highest BCUT2D eigenvalue weighted by Gasteiger charge is 2.29. The molecule has 0 aliphatic rings. The maximum absolute atomic E-state index is 10.7. The van der Waals surface area contributed by atoms with Crippen LogP contribution in [-0.4, -0.2) is 38.2 Å². The van der Waals surface area contributed by atoms with E-state index in [2.05, 4.69) is 19.7 Å². The van der Waals surface area contributed by atoms with Crippen LogP contribution in [0.5, 0.6) is 0 Å². The van der Waals surface area contributed by atoms with Crippen LogP contribution in [0.15, 0.2) is 38.0 Å². The lowest BCUT2D eigenvalue weighted by molar-refractivity contribution is -0.137. The Hall–Kier alpha value is -0.260. The van der Waals surface area contributed by atoms with Crippen molar-refractivity contribution in [2.75, 3.05) is 23.0 Å². The number of unbranched alkanes of at least 4 members (excludes halogenated alkanes) is 1. The van der Waals surface area contributed by atoms with E-state index in [0.29, 0.717) is 0 Å². The molecule has 0 saturated carbocycles. The molecule has 22 heavy (non-hydrogen) atoms. The van der Waals surface area contributed by atoms with Gasteiger partial charge in [-0.05, 0) is 25.0 Å². The SMILES string of the molecule is C=CCSCCC(CCCCC(=O)O)(SCC=C)SCC=C. The van der Waals surface area contributed by atoms with Gasteiger partial charge < -0.3 is 5.11 Å². The van der Waals surface area contributed by atoms with Gasteiger partial charge in [-0.3, -0.25) is 4.79 Å². The standard InChI is InChI=1S/C17H28O2S3/c1-4-12-20-15-11-17(21-13-5-2,22-14-6-3)10-8-7-9-16(18)19/h4-6H,1-3,7-15H2,(H,18,19). The molecule has 0 aliphatic carbocycles. The Kier molecular flexibility index (Phi) is 14.2. The second kappa shape index (κ2) is 14.3. The first-order valence-electron chi connectivity index (χ1n) is 7.50. The average Bonchev–Trinajstić information content (AvgIpc) is 2.51. The summed E-state index contributed by atoms with van der Waals surface area (Å²) in [7, 11) is 0. The number of hydrogen-bond donors (Lipinski definition) is 1. The highest BCUT2D eigenvalue weighted by Crippen LogP contribution is 2.45. The van der Waals surface area contributed by atoms with Gasteiger partial charge >= 0.3 is 5.97 Å². The molecule has 0 aromatic heterocycles. The molecule has 0 bridgehead atoms. The third-order valence-electron chi connectivity index (χ3n) is 2.99. The van der Waals surface area contributed by atoms with Gasteiger partial charge in [0.25, 0.3) is 0 Å². The summed E-state index contributed by atoms with van der Waals surface area (Å²) < 4.78 is 0.134. The highest BCUT2D eigenvalue weighted by atomic mass is 32.2. The van der Waals surface area contributed by atoms with Gasteiger partial charge in [-0.15, -0.1) is 43.3 Å². The van der Waals surface area contributed by atoms with Gasteiger partial charge in [-0.1, -0.05) is 24.6 Å². The molecule has 0 aromatic carbocycles. The molecule has 0 atom stereocenters. The molecule has 1 N–H and O–H groups in total. The summed E-state index contributed by atoms with van der Waals surface area (Å²) in [4.78, 5) is 10.7. The van der Waals surface area contributed by atoms with Gasteiger partial charge in [0.1, 0.15) is 0 Å². The molecule has 0 aromatic rings. The second-order valence-corrected chi connectivity index (χ2v) is 9.04. The van der Waals surface area contributed by atoms with E-state index in [1.165, 1.54) is 0 Å². The third-order valence-corrected chi connectivity index (χ3v) is 7.33. The Balaban J connectivity index is 4.59. The zero-order valence-corrected chi connectivity index (χ0v) is 15.7. The molecule has 0 fully saturated rings. The number of aliphatic carboxylic acids is 1. The van der Waals surface area contributed by atoms with Crippen LogP contribution in [0, 0.1) is 0 Å². The lowest BCUT2D eigenvalue weighted by Crippen LogP contribution is -2.23. The summed E-state index contributed by atoms with van der Waals surface area (Å²) in [5.74, 6) is 3.22. The minimum absolute atomic E-state index is 0.134. The number of carbonyl (C=O) groups is 1. The van der Waals surface area contributed by atoms with Gasteiger partial charge in [0.05, 0.1) is 4.08 Å². The summed E-state index contributed by atoms with van der Waals surface area (Å²) in [5, 5.41) is 8.78. The van der Waals surface area contributed by atoms with Crippen molar-refractivity contribution in [3.05, 3.63) is 38.0 Å². The molecule has 2 nitrogen and oxygen atoms in total. The summed E-state index contributed by atoms with van der Waals surface area (Å²) in [6, 6.07) is 0. The summed E-state index contributed by atoms with van der Waals surface area (Å²) in [6.45, 7) is 11.4. The number of hydrogen-bond acceptors (Lipinski definition) is 4. The van der Waals surface area contributed by atoms with Crippen LogP contribution in [-0.2, 0) is 4.79 Å². The fourth-order valence-corrected chi connectivity index (χ4v) is 5.68. The number of thioether (sulfide) groups is 3. The predicted molar refractivity (Wildman–Crippen MR) is 106 cm³/mol. The van der Waals surface area contributed by atoms with E-state index >= 15 is 0 Å².